The van der Waals surface area contributed by atoms with E-state index in [1.54, 1.807) is 18.2 Å². The van der Waals surface area contributed by atoms with Crippen LogP contribution in [0.5, 0.6) is 11.5 Å². The van der Waals surface area contributed by atoms with E-state index >= 15 is 0 Å². The molecule has 26 heavy (non-hydrogen) atoms. The van der Waals surface area contributed by atoms with Crippen molar-refractivity contribution in [1.29, 1.82) is 5.26 Å². The standard InChI is InChI=1S/C20H18BrN3O2/c1-4-26-19-8-13(15(21)9-18(19)25)7-14(10-22)20-23-16-5-11(2)12(3)6-17(16)24-20/h5-9,25H,4H2,1-3H3,(H,23,24)/b14-7-. The summed E-state index contributed by atoms with van der Waals surface area (Å²) in [7, 11) is 0. The summed E-state index contributed by atoms with van der Waals surface area (Å²) in [5.41, 5.74) is 5.15. The van der Waals surface area contributed by atoms with Gasteiger partial charge in [0.1, 0.15) is 11.9 Å². The fourth-order valence-electron chi connectivity index (χ4n) is 2.65. The number of halogens is 1. The molecule has 0 unspecified atom stereocenters. The van der Waals surface area contributed by atoms with Gasteiger partial charge in [0.25, 0.3) is 0 Å². The number of aromatic nitrogens is 2. The highest BCUT2D eigenvalue weighted by Crippen LogP contribution is 2.34. The molecule has 0 radical (unpaired) electrons. The number of imidazole rings is 1. The highest BCUT2D eigenvalue weighted by Gasteiger charge is 2.12. The lowest BCUT2D eigenvalue weighted by Gasteiger charge is -2.08. The van der Waals surface area contributed by atoms with Gasteiger partial charge in [-0.2, -0.15) is 5.26 Å². The van der Waals surface area contributed by atoms with Gasteiger partial charge in [0.15, 0.2) is 11.5 Å². The Morgan fingerprint density at radius 1 is 1.31 bits per heavy atom. The Hall–Kier alpha value is -2.78. The minimum Gasteiger partial charge on any atom is -0.504 e. The third-order valence-corrected chi connectivity index (χ3v) is 4.84. The summed E-state index contributed by atoms with van der Waals surface area (Å²) in [4.78, 5) is 7.75. The molecule has 2 N–H and O–H groups in total. The molecule has 0 aliphatic rings. The molecule has 3 aromatic rings. The average molecular weight is 412 g/mol. The maximum absolute atomic E-state index is 9.94. The van der Waals surface area contributed by atoms with E-state index in [2.05, 4.69) is 32.0 Å². The normalized spacial score (nSPS) is 11.6. The summed E-state index contributed by atoms with van der Waals surface area (Å²) in [6, 6.07) is 9.47. The van der Waals surface area contributed by atoms with Gasteiger partial charge in [-0.15, -0.1) is 0 Å². The minimum absolute atomic E-state index is 0.0454. The topological polar surface area (TPSA) is 81.9 Å². The van der Waals surface area contributed by atoms with Crippen LogP contribution in [-0.2, 0) is 0 Å². The maximum Gasteiger partial charge on any atom is 0.161 e. The summed E-state index contributed by atoms with van der Waals surface area (Å²) in [5.74, 6) is 0.921. The first-order valence-corrected chi connectivity index (χ1v) is 8.96. The summed E-state index contributed by atoms with van der Waals surface area (Å²) >= 11 is 3.42. The van der Waals surface area contributed by atoms with Crippen LogP contribution < -0.4 is 4.74 Å². The lowest BCUT2D eigenvalue weighted by Crippen LogP contribution is -1.93. The van der Waals surface area contributed by atoms with Crippen molar-refractivity contribution in [2.75, 3.05) is 6.61 Å². The molecule has 6 heteroatoms. The second-order valence-electron chi connectivity index (χ2n) is 5.98. The number of benzene rings is 2. The van der Waals surface area contributed by atoms with Crippen molar-refractivity contribution in [1.82, 2.24) is 9.97 Å². The minimum atomic E-state index is 0.0454. The number of aromatic hydroxyl groups is 1. The van der Waals surface area contributed by atoms with Gasteiger partial charge >= 0.3 is 0 Å². The van der Waals surface area contributed by atoms with Crippen LogP contribution in [0.15, 0.2) is 28.7 Å². The Labute approximate surface area is 160 Å². The number of H-pyrrole nitrogens is 1. The number of phenols is 1. The fraction of sp³-hybridized carbons (Fsp3) is 0.200. The van der Waals surface area contributed by atoms with Crippen molar-refractivity contribution in [2.24, 2.45) is 0 Å². The molecule has 0 spiro atoms. The van der Waals surface area contributed by atoms with Crippen LogP contribution in [0, 0.1) is 25.2 Å². The Morgan fingerprint density at radius 2 is 2.04 bits per heavy atom. The van der Waals surface area contributed by atoms with Gasteiger partial charge in [0.05, 0.1) is 23.2 Å². The fourth-order valence-corrected chi connectivity index (χ4v) is 3.09. The summed E-state index contributed by atoms with van der Waals surface area (Å²) < 4.78 is 6.08. The first-order chi connectivity index (χ1) is 12.4. The third kappa shape index (κ3) is 3.44. The number of fused-ring (bicyclic) bond motifs is 1. The number of hydrogen-bond acceptors (Lipinski definition) is 4. The molecule has 2 aromatic carbocycles. The smallest absolute Gasteiger partial charge is 0.161 e. The van der Waals surface area contributed by atoms with Crippen LogP contribution in [0.1, 0.15) is 29.4 Å². The van der Waals surface area contributed by atoms with E-state index in [-0.39, 0.29) is 5.75 Å². The Bertz CT molecular complexity index is 1020. The Morgan fingerprint density at radius 3 is 2.73 bits per heavy atom. The van der Waals surface area contributed by atoms with Crippen molar-refractivity contribution in [3.63, 3.8) is 0 Å². The molecule has 0 atom stereocenters. The van der Waals surface area contributed by atoms with Crippen molar-refractivity contribution < 1.29 is 9.84 Å². The first-order valence-electron chi connectivity index (χ1n) is 8.17. The van der Waals surface area contributed by atoms with E-state index in [1.807, 2.05) is 32.9 Å². The number of nitrogens with one attached hydrogen (secondary N) is 1. The van der Waals surface area contributed by atoms with Crippen LogP contribution in [0.25, 0.3) is 22.7 Å². The predicted octanol–water partition coefficient (Wildman–Crippen LogP) is 5.11. The lowest BCUT2D eigenvalue weighted by molar-refractivity contribution is 0.318. The van der Waals surface area contributed by atoms with Crippen molar-refractivity contribution in [2.45, 2.75) is 20.8 Å². The highest BCUT2D eigenvalue weighted by atomic mass is 79.9. The molecular formula is C20H18BrN3O2. The van der Waals surface area contributed by atoms with Gasteiger partial charge < -0.3 is 14.8 Å². The Kier molecular flexibility index (Phi) is 5.01. The van der Waals surface area contributed by atoms with Crippen LogP contribution in [0.2, 0.25) is 0 Å². The first kappa shape index (κ1) is 18.0. The molecule has 5 nitrogen and oxygen atoms in total. The number of allylic oxidation sites excluding steroid dienone is 1. The average Bonchev–Trinajstić information content (AvgIpc) is 2.99. The summed E-state index contributed by atoms with van der Waals surface area (Å²) in [6.45, 7) is 6.36. The van der Waals surface area contributed by atoms with Crippen LogP contribution in [0.4, 0.5) is 0 Å². The van der Waals surface area contributed by atoms with E-state index in [9.17, 15) is 10.4 Å². The number of nitriles is 1. The molecular weight excluding hydrogens is 394 g/mol. The molecule has 0 aliphatic heterocycles. The number of nitrogens with zero attached hydrogens (tertiary/aromatic N) is 2. The second-order valence-corrected chi connectivity index (χ2v) is 6.84. The maximum atomic E-state index is 9.94. The Balaban J connectivity index is 2.09. The molecule has 0 aliphatic carbocycles. The monoisotopic (exact) mass is 411 g/mol. The van der Waals surface area contributed by atoms with E-state index in [0.29, 0.717) is 28.2 Å². The summed E-state index contributed by atoms with van der Waals surface area (Å²) in [6.07, 6.45) is 1.71. The molecule has 0 amide bonds. The molecule has 3 rings (SSSR count). The number of ether oxygens (including phenoxy) is 1. The van der Waals surface area contributed by atoms with Gasteiger partial charge in [-0.25, -0.2) is 4.98 Å². The molecule has 1 heterocycles. The molecule has 0 saturated carbocycles. The number of aromatic amines is 1. The van der Waals surface area contributed by atoms with Crippen LogP contribution in [0.3, 0.4) is 0 Å². The third-order valence-electron chi connectivity index (χ3n) is 4.15. The SMILES string of the molecule is CCOc1cc(/C=C(/C#N)c2nc3cc(C)c(C)cc3[nH]2)c(Br)cc1O. The largest absolute Gasteiger partial charge is 0.504 e. The molecule has 1 aromatic heterocycles. The van der Waals surface area contributed by atoms with Crippen molar-refractivity contribution >= 4 is 38.6 Å². The number of aryl methyl sites for hydroxylation is 2. The van der Waals surface area contributed by atoms with Gasteiger partial charge in [0, 0.05) is 4.47 Å². The highest BCUT2D eigenvalue weighted by molar-refractivity contribution is 9.10. The van der Waals surface area contributed by atoms with Crippen LogP contribution in [-0.4, -0.2) is 21.7 Å². The number of rotatable bonds is 4. The van der Waals surface area contributed by atoms with Crippen molar-refractivity contribution in [3.8, 4) is 17.6 Å². The molecule has 132 valence electrons. The van der Waals surface area contributed by atoms with E-state index in [1.165, 1.54) is 0 Å². The molecule has 0 fully saturated rings. The van der Waals surface area contributed by atoms with Gasteiger partial charge in [-0.05, 0) is 67.8 Å². The number of hydrogen-bond donors (Lipinski definition) is 2. The number of phenolic OH excluding ortho intramolecular Hbond substituents is 1. The zero-order valence-electron chi connectivity index (χ0n) is 14.7. The van der Waals surface area contributed by atoms with E-state index < -0.39 is 0 Å². The van der Waals surface area contributed by atoms with E-state index in [0.717, 1.165) is 27.7 Å². The van der Waals surface area contributed by atoms with Crippen molar-refractivity contribution in [3.05, 3.63) is 51.3 Å². The van der Waals surface area contributed by atoms with Gasteiger partial charge in [-0.1, -0.05) is 15.9 Å². The quantitative estimate of drug-likeness (QED) is 0.584. The zero-order chi connectivity index (χ0) is 18.8. The molecule has 0 bridgehead atoms. The summed E-state index contributed by atoms with van der Waals surface area (Å²) in [5, 5.41) is 19.6. The predicted molar refractivity (Wildman–Crippen MR) is 106 cm³/mol. The second kappa shape index (κ2) is 7.22. The molecule has 0 saturated heterocycles. The zero-order valence-corrected chi connectivity index (χ0v) is 16.3. The van der Waals surface area contributed by atoms with Crippen LogP contribution >= 0.6 is 15.9 Å². The van der Waals surface area contributed by atoms with Gasteiger partial charge in [0.2, 0.25) is 0 Å². The van der Waals surface area contributed by atoms with Gasteiger partial charge in [-0.3, -0.25) is 0 Å². The lowest BCUT2D eigenvalue weighted by atomic mass is 10.1. The van der Waals surface area contributed by atoms with E-state index in [4.69, 9.17) is 4.74 Å².